The Bertz CT molecular complexity index is 559. The molecule has 1 fully saturated rings. The maximum Gasteiger partial charge on any atom is 0.253 e. The Labute approximate surface area is 122 Å². The largest absolute Gasteiger partial charge is 0.397 e. The minimum absolute atomic E-state index is 0.0627. The first-order chi connectivity index (χ1) is 9.27. The highest BCUT2D eigenvalue weighted by molar-refractivity contribution is 7.19. The fourth-order valence-corrected chi connectivity index (χ4v) is 3.64. The number of anilines is 2. The molecule has 1 aromatic heterocycles. The maximum atomic E-state index is 11.9. The third kappa shape index (κ3) is 2.65. The van der Waals surface area contributed by atoms with Crippen molar-refractivity contribution in [3.63, 3.8) is 0 Å². The number of hydrogen-bond acceptors (Lipinski definition) is 5. The zero-order chi connectivity index (χ0) is 15.1. The molecule has 20 heavy (non-hydrogen) atoms. The van der Waals surface area contributed by atoms with Crippen LogP contribution in [0.5, 0.6) is 0 Å². The van der Waals surface area contributed by atoms with Crippen molar-refractivity contribution in [1.29, 1.82) is 0 Å². The number of carbonyl (C=O) groups excluding carboxylic acids is 2. The number of nitrogens with one attached hydrogen (secondary N) is 1. The molecular formula is C14H21N3O2S. The van der Waals surface area contributed by atoms with E-state index in [9.17, 15) is 9.59 Å². The van der Waals surface area contributed by atoms with Gasteiger partial charge in [-0.05, 0) is 32.6 Å². The van der Waals surface area contributed by atoms with Gasteiger partial charge in [-0.3, -0.25) is 9.59 Å². The van der Waals surface area contributed by atoms with Crippen LogP contribution in [0.3, 0.4) is 0 Å². The van der Waals surface area contributed by atoms with Gasteiger partial charge in [-0.15, -0.1) is 11.3 Å². The minimum Gasteiger partial charge on any atom is -0.397 e. The third-order valence-electron chi connectivity index (χ3n) is 3.80. The van der Waals surface area contributed by atoms with Gasteiger partial charge >= 0.3 is 0 Å². The van der Waals surface area contributed by atoms with Crippen molar-refractivity contribution in [2.24, 2.45) is 11.7 Å². The minimum atomic E-state index is -0.594. The van der Waals surface area contributed by atoms with E-state index in [4.69, 9.17) is 11.5 Å². The summed E-state index contributed by atoms with van der Waals surface area (Å²) in [7, 11) is 0. The number of amides is 1. The lowest BCUT2D eigenvalue weighted by Gasteiger charge is -2.27. The first kappa shape index (κ1) is 14.8. The van der Waals surface area contributed by atoms with Crippen LogP contribution in [0.2, 0.25) is 0 Å². The summed E-state index contributed by atoms with van der Waals surface area (Å²) in [4.78, 5) is 23.9. The predicted octanol–water partition coefficient (Wildman–Crippen LogP) is 2.62. The lowest BCUT2D eigenvalue weighted by Crippen LogP contribution is -2.33. The Kier molecular flexibility index (Phi) is 3.77. The molecule has 6 heteroatoms. The summed E-state index contributed by atoms with van der Waals surface area (Å²) in [6.45, 7) is 5.95. The standard InChI is InChI=1S/C14H21N3O2S/c1-4-8(18)11-10(15)9(12(16)19)13(20-11)17-14(2,3)7-5-6-7/h7,17H,4-6,15H2,1-3H3,(H2,16,19). The van der Waals surface area contributed by atoms with Gasteiger partial charge in [0.1, 0.15) is 5.00 Å². The Balaban J connectivity index is 2.40. The first-order valence-electron chi connectivity index (χ1n) is 6.81. The van der Waals surface area contributed by atoms with Crippen molar-refractivity contribution >= 4 is 33.7 Å². The van der Waals surface area contributed by atoms with Crippen LogP contribution in [0.25, 0.3) is 0 Å². The number of nitrogen functional groups attached to an aromatic ring is 1. The topological polar surface area (TPSA) is 98.2 Å². The molecule has 2 rings (SSSR count). The molecular weight excluding hydrogens is 274 g/mol. The third-order valence-corrected chi connectivity index (χ3v) is 4.96. The van der Waals surface area contributed by atoms with Gasteiger partial charge in [0.05, 0.1) is 16.1 Å². The van der Waals surface area contributed by atoms with Gasteiger partial charge in [-0.1, -0.05) is 6.92 Å². The molecule has 0 unspecified atom stereocenters. The lowest BCUT2D eigenvalue weighted by molar-refractivity contribution is 0.0991. The van der Waals surface area contributed by atoms with Crippen molar-refractivity contribution in [2.45, 2.75) is 45.6 Å². The number of nitrogens with two attached hydrogens (primary N) is 2. The first-order valence-corrected chi connectivity index (χ1v) is 7.63. The summed E-state index contributed by atoms with van der Waals surface area (Å²) in [6, 6.07) is 0. The van der Waals surface area contributed by atoms with E-state index in [1.54, 1.807) is 6.92 Å². The van der Waals surface area contributed by atoms with E-state index >= 15 is 0 Å². The molecule has 0 saturated heterocycles. The Hall–Kier alpha value is -1.56. The van der Waals surface area contributed by atoms with Crippen LogP contribution in [-0.2, 0) is 0 Å². The Morgan fingerprint density at radius 3 is 2.45 bits per heavy atom. The summed E-state index contributed by atoms with van der Waals surface area (Å²) in [6.07, 6.45) is 2.70. The predicted molar refractivity (Wildman–Crippen MR) is 82.3 cm³/mol. The van der Waals surface area contributed by atoms with E-state index in [2.05, 4.69) is 19.2 Å². The molecule has 0 aliphatic heterocycles. The van der Waals surface area contributed by atoms with Crippen LogP contribution in [0.1, 0.15) is 60.1 Å². The number of rotatable bonds is 6. The quantitative estimate of drug-likeness (QED) is 0.702. The van der Waals surface area contributed by atoms with Crippen LogP contribution in [0, 0.1) is 5.92 Å². The normalized spacial score (nSPS) is 15.2. The van der Waals surface area contributed by atoms with Crippen LogP contribution in [-0.4, -0.2) is 17.2 Å². The number of primary amides is 1. The highest BCUT2D eigenvalue weighted by Gasteiger charge is 2.39. The molecule has 110 valence electrons. The molecule has 1 amide bonds. The summed E-state index contributed by atoms with van der Waals surface area (Å²) in [5.41, 5.74) is 11.7. The second kappa shape index (κ2) is 5.09. The summed E-state index contributed by atoms with van der Waals surface area (Å²) < 4.78 is 0. The number of Topliss-reactive ketones (excluding diaryl/α,β-unsaturated/α-hetero) is 1. The average Bonchev–Trinajstić information content (AvgIpc) is 3.14. The molecule has 1 aromatic rings. The van der Waals surface area contributed by atoms with E-state index in [-0.39, 0.29) is 22.6 Å². The highest BCUT2D eigenvalue weighted by Crippen LogP contribution is 2.44. The van der Waals surface area contributed by atoms with Gasteiger partial charge in [0.2, 0.25) is 0 Å². The van der Waals surface area contributed by atoms with Crippen molar-refractivity contribution in [3.8, 4) is 0 Å². The van der Waals surface area contributed by atoms with Crippen molar-refractivity contribution in [1.82, 2.24) is 0 Å². The Morgan fingerprint density at radius 2 is 2.00 bits per heavy atom. The summed E-state index contributed by atoms with van der Waals surface area (Å²) in [5, 5.41) is 3.97. The van der Waals surface area contributed by atoms with Gasteiger partial charge in [-0.25, -0.2) is 0 Å². The highest BCUT2D eigenvalue weighted by atomic mass is 32.1. The lowest BCUT2D eigenvalue weighted by atomic mass is 9.99. The second-order valence-electron chi connectivity index (χ2n) is 5.81. The zero-order valence-electron chi connectivity index (χ0n) is 12.1. The molecule has 0 atom stereocenters. The maximum absolute atomic E-state index is 11.9. The van der Waals surface area contributed by atoms with Gasteiger partial charge in [-0.2, -0.15) is 0 Å². The van der Waals surface area contributed by atoms with E-state index < -0.39 is 5.91 Å². The molecule has 5 nitrogen and oxygen atoms in total. The SMILES string of the molecule is CCC(=O)c1sc(NC(C)(C)C2CC2)c(C(N)=O)c1N. The molecule has 0 aromatic carbocycles. The fraction of sp³-hybridized carbons (Fsp3) is 0.571. The van der Waals surface area contributed by atoms with Crippen LogP contribution in [0.4, 0.5) is 10.7 Å². The van der Waals surface area contributed by atoms with Crippen molar-refractivity contribution < 1.29 is 9.59 Å². The van der Waals surface area contributed by atoms with E-state index in [0.29, 0.717) is 22.2 Å². The molecule has 5 N–H and O–H groups in total. The number of ketones is 1. The molecule has 1 aliphatic carbocycles. The Morgan fingerprint density at radius 1 is 1.40 bits per heavy atom. The second-order valence-corrected chi connectivity index (χ2v) is 6.83. The monoisotopic (exact) mass is 295 g/mol. The van der Waals surface area contributed by atoms with Gasteiger partial charge in [0.15, 0.2) is 5.78 Å². The summed E-state index contributed by atoms with van der Waals surface area (Å²) >= 11 is 1.23. The molecule has 1 heterocycles. The fourth-order valence-electron chi connectivity index (χ4n) is 2.34. The number of carbonyl (C=O) groups is 2. The van der Waals surface area contributed by atoms with Gasteiger partial charge in [0.25, 0.3) is 5.91 Å². The molecule has 0 bridgehead atoms. The van der Waals surface area contributed by atoms with Crippen LogP contribution >= 0.6 is 11.3 Å². The molecule has 1 saturated carbocycles. The van der Waals surface area contributed by atoms with Crippen molar-refractivity contribution in [3.05, 3.63) is 10.4 Å². The van der Waals surface area contributed by atoms with E-state index in [1.807, 2.05) is 0 Å². The van der Waals surface area contributed by atoms with Crippen molar-refractivity contribution in [2.75, 3.05) is 11.1 Å². The smallest absolute Gasteiger partial charge is 0.253 e. The number of hydrogen-bond donors (Lipinski definition) is 3. The van der Waals surface area contributed by atoms with E-state index in [0.717, 1.165) is 0 Å². The molecule has 0 spiro atoms. The zero-order valence-corrected chi connectivity index (χ0v) is 12.9. The average molecular weight is 295 g/mol. The molecule has 0 radical (unpaired) electrons. The summed E-state index contributed by atoms with van der Waals surface area (Å²) in [5.74, 6) is -0.0767. The number of thiophene rings is 1. The van der Waals surface area contributed by atoms with E-state index in [1.165, 1.54) is 24.2 Å². The van der Waals surface area contributed by atoms with Crippen LogP contribution in [0.15, 0.2) is 0 Å². The van der Waals surface area contributed by atoms with Crippen LogP contribution < -0.4 is 16.8 Å². The van der Waals surface area contributed by atoms with Gasteiger partial charge < -0.3 is 16.8 Å². The molecule has 1 aliphatic rings. The van der Waals surface area contributed by atoms with Gasteiger partial charge in [0, 0.05) is 12.0 Å².